The van der Waals surface area contributed by atoms with Crippen molar-refractivity contribution in [3.05, 3.63) is 64.2 Å². The zero-order valence-electron chi connectivity index (χ0n) is 19.7. The third-order valence-corrected chi connectivity index (χ3v) is 7.68. The largest absolute Gasteiger partial charge is 0.319 e. The van der Waals surface area contributed by atoms with Gasteiger partial charge in [0.25, 0.3) is 0 Å². The molecular weight excluding hydrogens is 491 g/mol. The topological polar surface area (TPSA) is 79.4 Å². The molecule has 0 spiro atoms. The fraction of sp³-hybridized carbons (Fsp3) is 0.478. The van der Waals surface area contributed by atoms with Crippen molar-refractivity contribution in [1.82, 2.24) is 14.6 Å². The summed E-state index contributed by atoms with van der Waals surface area (Å²) in [5.74, 6) is -1.83. The third-order valence-electron chi connectivity index (χ3n) is 5.41. The fourth-order valence-electron chi connectivity index (χ4n) is 3.64. The highest BCUT2D eigenvalue weighted by Crippen LogP contribution is 2.36. The molecule has 0 aliphatic carbocycles. The Bertz CT molecular complexity index is 1050. The average Bonchev–Trinajstić information content (AvgIpc) is 2.84. The molecule has 2 heterocycles. The Morgan fingerprint density at radius 2 is 1.71 bits per heavy atom. The minimum Gasteiger partial charge on any atom is -0.319 e. The normalized spacial score (nSPS) is 15.4. The molecule has 1 aromatic heterocycles. The second kappa shape index (κ2) is 13.8. The Morgan fingerprint density at radius 3 is 2.18 bits per heavy atom. The van der Waals surface area contributed by atoms with Crippen LogP contribution in [0.15, 0.2) is 30.5 Å². The van der Waals surface area contributed by atoms with Gasteiger partial charge in [0, 0.05) is 31.2 Å². The summed E-state index contributed by atoms with van der Waals surface area (Å²) in [5, 5.41) is 2.62. The van der Waals surface area contributed by atoms with Gasteiger partial charge in [-0.2, -0.15) is 0 Å². The number of nitrogens with zero attached hydrogens (tertiary/aromatic N) is 2. The number of sulfonamides is 1. The van der Waals surface area contributed by atoms with Gasteiger partial charge in [0.1, 0.15) is 17.5 Å². The SMILES string of the molecule is CC.CCS(=O)(=O)N1CCC(CNC)(c2ncccc2F)CC1.O=Cc1c(F)ccc(F)c1Cl. The Labute approximate surface area is 204 Å². The monoisotopic (exact) mass is 521 g/mol. The Balaban J connectivity index is 0.000000374. The summed E-state index contributed by atoms with van der Waals surface area (Å²) in [4.78, 5) is 14.3. The number of nitrogens with one attached hydrogen (secondary N) is 1. The van der Waals surface area contributed by atoms with Crippen LogP contribution in [0.25, 0.3) is 0 Å². The highest BCUT2D eigenvalue weighted by molar-refractivity contribution is 7.89. The Morgan fingerprint density at radius 1 is 1.12 bits per heavy atom. The summed E-state index contributed by atoms with van der Waals surface area (Å²) in [7, 11) is -1.36. The molecule has 6 nitrogen and oxygen atoms in total. The van der Waals surface area contributed by atoms with Crippen LogP contribution in [0.5, 0.6) is 0 Å². The molecule has 1 saturated heterocycles. The maximum absolute atomic E-state index is 14.1. The van der Waals surface area contributed by atoms with Gasteiger partial charge in [0.2, 0.25) is 10.0 Å². The smallest absolute Gasteiger partial charge is 0.213 e. The number of rotatable bonds is 6. The van der Waals surface area contributed by atoms with Crippen LogP contribution < -0.4 is 5.32 Å². The fourth-order valence-corrected chi connectivity index (χ4v) is 4.94. The average molecular weight is 522 g/mol. The molecule has 34 heavy (non-hydrogen) atoms. The minimum atomic E-state index is -3.18. The predicted molar refractivity (Wildman–Crippen MR) is 128 cm³/mol. The number of hydrogen-bond donors (Lipinski definition) is 1. The van der Waals surface area contributed by atoms with Crippen LogP contribution in [0.2, 0.25) is 5.02 Å². The van der Waals surface area contributed by atoms with E-state index in [1.165, 1.54) is 10.4 Å². The first-order valence-electron chi connectivity index (χ1n) is 10.9. The zero-order valence-corrected chi connectivity index (χ0v) is 21.3. The van der Waals surface area contributed by atoms with E-state index in [4.69, 9.17) is 11.6 Å². The lowest BCUT2D eigenvalue weighted by atomic mass is 9.75. The van der Waals surface area contributed by atoms with Gasteiger partial charge in [-0.3, -0.25) is 9.78 Å². The van der Waals surface area contributed by atoms with Crippen LogP contribution in [0.1, 0.15) is 49.7 Å². The lowest BCUT2D eigenvalue weighted by Gasteiger charge is -2.40. The molecule has 0 unspecified atom stereocenters. The molecule has 1 aliphatic rings. The van der Waals surface area contributed by atoms with Crippen molar-refractivity contribution in [3.63, 3.8) is 0 Å². The van der Waals surface area contributed by atoms with Gasteiger partial charge < -0.3 is 5.32 Å². The van der Waals surface area contributed by atoms with Crippen molar-refractivity contribution in [2.45, 2.75) is 39.0 Å². The van der Waals surface area contributed by atoms with Crippen molar-refractivity contribution in [1.29, 1.82) is 0 Å². The van der Waals surface area contributed by atoms with Gasteiger partial charge in [-0.1, -0.05) is 25.4 Å². The van der Waals surface area contributed by atoms with Gasteiger partial charge >= 0.3 is 0 Å². The summed E-state index contributed by atoms with van der Waals surface area (Å²) in [5.41, 5.74) is -0.445. The molecule has 190 valence electrons. The number of benzene rings is 1. The molecule has 2 aromatic rings. The van der Waals surface area contributed by atoms with E-state index in [1.807, 2.05) is 20.9 Å². The van der Waals surface area contributed by atoms with Gasteiger partial charge in [-0.05, 0) is 51.1 Å². The molecule has 3 rings (SSSR count). The van der Waals surface area contributed by atoms with Gasteiger partial charge in [0.15, 0.2) is 6.29 Å². The molecule has 1 fully saturated rings. The number of likely N-dealkylation sites (N-methyl/N-ethyl adjacent to an activating group) is 1. The quantitative estimate of drug-likeness (QED) is 0.444. The number of pyridine rings is 1. The van der Waals surface area contributed by atoms with Gasteiger partial charge in [0.05, 0.1) is 22.0 Å². The number of carbonyl (C=O) groups excluding carboxylic acids is 1. The maximum Gasteiger partial charge on any atom is 0.213 e. The molecule has 0 bridgehead atoms. The van der Waals surface area contributed by atoms with E-state index in [1.54, 1.807) is 19.2 Å². The first-order valence-corrected chi connectivity index (χ1v) is 12.9. The molecule has 0 saturated carbocycles. The zero-order chi connectivity index (χ0) is 25.9. The maximum atomic E-state index is 14.1. The lowest BCUT2D eigenvalue weighted by molar-refractivity contribution is 0.111. The van der Waals surface area contributed by atoms with Crippen molar-refractivity contribution in [2.75, 3.05) is 32.4 Å². The van der Waals surface area contributed by atoms with Crippen molar-refractivity contribution in [3.8, 4) is 0 Å². The molecule has 0 atom stereocenters. The lowest BCUT2D eigenvalue weighted by Crippen LogP contribution is -2.50. The standard InChI is InChI=1S/C14H22FN3O2S.C7H3ClF2O.C2H6/c1-3-21(19,20)18-9-6-14(7-10-18,11-16-2)13-12(15)5-4-8-17-13;8-7-4(3-11)5(9)1-2-6(7)10;1-2/h4-5,8,16H,3,6-7,9-11H2,1-2H3;1-3H;1-2H3. The van der Waals surface area contributed by atoms with E-state index in [-0.39, 0.29) is 17.9 Å². The molecule has 0 radical (unpaired) electrons. The molecular formula is C23H31ClF3N3O3S. The first kappa shape index (κ1) is 30.0. The molecule has 1 N–H and O–H groups in total. The van der Waals surface area contributed by atoms with Crippen molar-refractivity contribution < 1.29 is 26.4 Å². The van der Waals surface area contributed by atoms with E-state index in [2.05, 4.69) is 10.3 Å². The summed E-state index contributed by atoms with van der Waals surface area (Å²) in [6.45, 7) is 7.05. The van der Waals surface area contributed by atoms with Crippen LogP contribution in [0.4, 0.5) is 13.2 Å². The van der Waals surface area contributed by atoms with E-state index >= 15 is 0 Å². The number of hydrogen-bond acceptors (Lipinski definition) is 5. The second-order valence-electron chi connectivity index (χ2n) is 7.32. The van der Waals surface area contributed by atoms with E-state index in [0.717, 1.165) is 12.1 Å². The van der Waals surface area contributed by atoms with Crippen molar-refractivity contribution >= 4 is 27.9 Å². The van der Waals surface area contributed by atoms with E-state index in [9.17, 15) is 26.4 Å². The molecule has 1 aromatic carbocycles. The number of halogens is 4. The van der Waals surface area contributed by atoms with Crippen LogP contribution in [-0.4, -0.2) is 56.4 Å². The van der Waals surface area contributed by atoms with E-state index < -0.39 is 37.7 Å². The minimum absolute atomic E-state index is 0.101. The number of piperidine rings is 1. The highest BCUT2D eigenvalue weighted by Gasteiger charge is 2.41. The second-order valence-corrected chi connectivity index (χ2v) is 9.95. The molecule has 11 heteroatoms. The summed E-state index contributed by atoms with van der Waals surface area (Å²) >= 11 is 5.25. The van der Waals surface area contributed by atoms with Crippen molar-refractivity contribution in [2.24, 2.45) is 0 Å². The van der Waals surface area contributed by atoms with Crippen LogP contribution >= 0.6 is 11.6 Å². The Kier molecular flexibility index (Phi) is 12.2. The molecule has 1 aliphatic heterocycles. The molecule has 0 amide bonds. The summed E-state index contributed by atoms with van der Waals surface area (Å²) in [6, 6.07) is 4.70. The summed E-state index contributed by atoms with van der Waals surface area (Å²) in [6.07, 6.45) is 2.91. The van der Waals surface area contributed by atoms with Gasteiger partial charge in [-0.15, -0.1) is 0 Å². The number of carbonyl (C=O) groups is 1. The highest BCUT2D eigenvalue weighted by atomic mass is 35.5. The van der Waals surface area contributed by atoms with Crippen LogP contribution in [0, 0.1) is 17.5 Å². The van der Waals surface area contributed by atoms with E-state index in [0.29, 0.717) is 38.2 Å². The first-order chi connectivity index (χ1) is 16.1. The Hall–Kier alpha value is -2.01. The third kappa shape index (κ3) is 7.24. The number of aldehydes is 1. The van der Waals surface area contributed by atoms with Gasteiger partial charge in [-0.25, -0.2) is 25.9 Å². The predicted octanol–water partition coefficient (Wildman–Crippen LogP) is 4.58. The number of aromatic nitrogens is 1. The van der Waals surface area contributed by atoms with Crippen LogP contribution in [0.3, 0.4) is 0 Å². The summed E-state index contributed by atoms with van der Waals surface area (Å²) < 4.78 is 64.6. The van der Waals surface area contributed by atoms with Crippen LogP contribution in [-0.2, 0) is 15.4 Å².